The Labute approximate surface area is 371 Å². The van der Waals surface area contributed by atoms with Gasteiger partial charge in [0.1, 0.15) is 12.2 Å². The van der Waals surface area contributed by atoms with Gasteiger partial charge in [-0.2, -0.15) is 0 Å². The number of esters is 1. The fraction of sp³-hybridized carbons (Fsp3) is 0.978. The first-order valence-electron chi connectivity index (χ1n) is 23.7. The minimum Gasteiger partial charge on any atom is -0.458 e. The first kappa shape index (κ1) is 60.0. The fourth-order valence-corrected chi connectivity index (χ4v) is 5.56. The molecule has 366 valence electrons. The van der Waals surface area contributed by atoms with Crippen LogP contribution >= 0.6 is 0 Å². The summed E-state index contributed by atoms with van der Waals surface area (Å²) in [7, 11) is 0. The van der Waals surface area contributed by atoms with E-state index < -0.39 is 5.60 Å². The van der Waals surface area contributed by atoms with Crippen LogP contribution in [-0.2, 0) is 71.1 Å². The quantitative estimate of drug-likeness (QED) is 0.0455. The zero-order chi connectivity index (χ0) is 44.3. The van der Waals surface area contributed by atoms with Crippen LogP contribution in [0.1, 0.15) is 118 Å². The molecule has 0 rings (SSSR count). The summed E-state index contributed by atoms with van der Waals surface area (Å²) in [6.45, 7) is 20.5. The van der Waals surface area contributed by atoms with Crippen LogP contribution in [0.2, 0.25) is 0 Å². The van der Waals surface area contributed by atoms with Gasteiger partial charge in [-0.15, -0.1) is 0 Å². The predicted molar refractivity (Wildman–Crippen MR) is 237 cm³/mol. The standard InChI is InChI=1S/C46H92O15/c1-5-6-7-8-9-10-11-12-13-14-15-16-17-18-19-48-20-21-49-22-23-50-24-25-51-26-27-52-28-29-53-30-31-54-32-33-55-34-35-56-36-37-57-38-39-58-40-41-59-42-43-60-44-45(47)61-46(2,3)4/h5-44H2,1-4H3. The van der Waals surface area contributed by atoms with Crippen molar-refractivity contribution in [2.75, 3.05) is 172 Å². The molecule has 0 heterocycles. The molecule has 0 aromatic heterocycles. The Morgan fingerprint density at radius 2 is 0.475 bits per heavy atom. The second-order valence-electron chi connectivity index (χ2n) is 15.6. The SMILES string of the molecule is CCCCCCCCCCCCCCCCOCCOCCOCCOCCOCCOCCOCCOCCOCCOCCOCCOCCOCC(=O)OC(C)(C)C. The van der Waals surface area contributed by atoms with Gasteiger partial charge in [0.25, 0.3) is 0 Å². The van der Waals surface area contributed by atoms with E-state index in [1.54, 1.807) is 0 Å². The van der Waals surface area contributed by atoms with Crippen LogP contribution in [0.15, 0.2) is 0 Å². The third kappa shape index (κ3) is 56.9. The van der Waals surface area contributed by atoms with E-state index in [1.165, 1.54) is 83.5 Å². The number of unbranched alkanes of at least 4 members (excludes halogenated alkanes) is 13. The Morgan fingerprint density at radius 3 is 0.705 bits per heavy atom. The van der Waals surface area contributed by atoms with Crippen LogP contribution in [0.25, 0.3) is 0 Å². The molecule has 0 aromatic carbocycles. The normalized spacial score (nSPS) is 11.9. The highest BCUT2D eigenvalue weighted by molar-refractivity contribution is 5.71. The van der Waals surface area contributed by atoms with Crippen molar-refractivity contribution in [2.45, 2.75) is 123 Å². The molecule has 0 unspecified atom stereocenters. The molecule has 0 N–H and O–H groups in total. The van der Waals surface area contributed by atoms with Crippen LogP contribution in [0, 0.1) is 0 Å². The van der Waals surface area contributed by atoms with Gasteiger partial charge in [0.05, 0.1) is 159 Å². The zero-order valence-electron chi connectivity index (χ0n) is 39.4. The lowest BCUT2D eigenvalue weighted by molar-refractivity contribution is -0.160. The maximum Gasteiger partial charge on any atom is 0.332 e. The smallest absolute Gasteiger partial charge is 0.332 e. The molecule has 0 aliphatic heterocycles. The van der Waals surface area contributed by atoms with Crippen molar-refractivity contribution >= 4 is 5.97 Å². The van der Waals surface area contributed by atoms with Crippen molar-refractivity contribution < 1.29 is 71.1 Å². The molecule has 0 fully saturated rings. The van der Waals surface area contributed by atoms with E-state index >= 15 is 0 Å². The summed E-state index contributed by atoms with van der Waals surface area (Å²) >= 11 is 0. The van der Waals surface area contributed by atoms with Crippen molar-refractivity contribution in [1.29, 1.82) is 0 Å². The van der Waals surface area contributed by atoms with Gasteiger partial charge in [0, 0.05) is 6.61 Å². The monoisotopic (exact) mass is 885 g/mol. The molecule has 0 aliphatic carbocycles. The maximum absolute atomic E-state index is 11.5. The van der Waals surface area contributed by atoms with Crippen LogP contribution in [0.5, 0.6) is 0 Å². The minimum absolute atomic E-state index is 0.0835. The number of hydrogen-bond acceptors (Lipinski definition) is 15. The summed E-state index contributed by atoms with van der Waals surface area (Å²) in [6.07, 6.45) is 19.2. The Balaban J connectivity index is 3.09. The van der Waals surface area contributed by atoms with Crippen LogP contribution in [0.4, 0.5) is 0 Å². The largest absolute Gasteiger partial charge is 0.458 e. The van der Waals surface area contributed by atoms with Crippen molar-refractivity contribution in [2.24, 2.45) is 0 Å². The molecule has 0 aliphatic rings. The number of carbonyl (C=O) groups excluding carboxylic acids is 1. The molecule has 0 amide bonds. The molecular formula is C46H92O15. The molecule has 15 heteroatoms. The number of ether oxygens (including phenoxy) is 14. The van der Waals surface area contributed by atoms with Gasteiger partial charge in [-0.3, -0.25) is 0 Å². The van der Waals surface area contributed by atoms with E-state index in [9.17, 15) is 4.79 Å². The van der Waals surface area contributed by atoms with E-state index in [2.05, 4.69) is 6.92 Å². The third-order valence-corrected chi connectivity index (χ3v) is 8.75. The van der Waals surface area contributed by atoms with E-state index in [0.717, 1.165) is 13.0 Å². The summed E-state index contributed by atoms with van der Waals surface area (Å²) in [5.41, 5.74) is -0.513. The minimum atomic E-state index is -0.513. The van der Waals surface area contributed by atoms with E-state index in [0.29, 0.717) is 159 Å². The van der Waals surface area contributed by atoms with E-state index in [-0.39, 0.29) is 12.6 Å². The zero-order valence-corrected chi connectivity index (χ0v) is 39.4. The van der Waals surface area contributed by atoms with Crippen LogP contribution in [0.3, 0.4) is 0 Å². The number of rotatable bonds is 53. The van der Waals surface area contributed by atoms with Crippen molar-refractivity contribution in [3.05, 3.63) is 0 Å². The van der Waals surface area contributed by atoms with Crippen LogP contribution in [-0.4, -0.2) is 183 Å². The molecule has 61 heavy (non-hydrogen) atoms. The number of hydrogen-bond donors (Lipinski definition) is 0. The lowest BCUT2D eigenvalue weighted by Crippen LogP contribution is -2.27. The highest BCUT2D eigenvalue weighted by atomic mass is 16.6. The average molecular weight is 885 g/mol. The van der Waals surface area contributed by atoms with Gasteiger partial charge in [-0.05, 0) is 27.2 Å². The summed E-state index contributed by atoms with van der Waals surface area (Å²) in [5, 5.41) is 0. The molecular weight excluding hydrogens is 792 g/mol. The molecule has 0 saturated heterocycles. The van der Waals surface area contributed by atoms with Gasteiger partial charge in [0.2, 0.25) is 0 Å². The second kappa shape index (κ2) is 51.6. The third-order valence-electron chi connectivity index (χ3n) is 8.75. The molecule has 0 bridgehead atoms. The van der Waals surface area contributed by atoms with Crippen molar-refractivity contribution in [3.8, 4) is 0 Å². The summed E-state index contributed by atoms with van der Waals surface area (Å²) < 4.78 is 76.6. The predicted octanol–water partition coefficient (Wildman–Crippen LogP) is 7.03. The highest BCUT2D eigenvalue weighted by Gasteiger charge is 2.16. The maximum atomic E-state index is 11.5. The molecule has 0 radical (unpaired) electrons. The van der Waals surface area contributed by atoms with E-state index in [4.69, 9.17) is 66.3 Å². The fourth-order valence-electron chi connectivity index (χ4n) is 5.56. The van der Waals surface area contributed by atoms with Gasteiger partial charge < -0.3 is 66.3 Å². The van der Waals surface area contributed by atoms with Gasteiger partial charge in [-0.1, -0.05) is 90.4 Å². The summed E-state index contributed by atoms with van der Waals surface area (Å²) in [6, 6.07) is 0. The lowest BCUT2D eigenvalue weighted by atomic mass is 10.0. The van der Waals surface area contributed by atoms with Gasteiger partial charge in [-0.25, -0.2) is 4.79 Å². The first-order chi connectivity index (χ1) is 30.0. The van der Waals surface area contributed by atoms with Gasteiger partial charge >= 0.3 is 5.97 Å². The number of carbonyl (C=O) groups is 1. The molecule has 15 nitrogen and oxygen atoms in total. The van der Waals surface area contributed by atoms with Crippen molar-refractivity contribution in [3.63, 3.8) is 0 Å². The summed E-state index contributed by atoms with van der Waals surface area (Å²) in [5.74, 6) is -0.386. The van der Waals surface area contributed by atoms with Crippen LogP contribution < -0.4 is 0 Å². The first-order valence-corrected chi connectivity index (χ1v) is 23.7. The molecule has 0 aromatic rings. The Kier molecular flexibility index (Phi) is 50.7. The topological polar surface area (TPSA) is 146 Å². The Hall–Kier alpha value is -1.05. The molecule has 0 spiro atoms. The molecule has 0 atom stereocenters. The highest BCUT2D eigenvalue weighted by Crippen LogP contribution is 2.13. The van der Waals surface area contributed by atoms with Gasteiger partial charge in [0.15, 0.2) is 0 Å². The Bertz CT molecular complexity index is 833. The average Bonchev–Trinajstić information content (AvgIpc) is 3.23. The Morgan fingerprint density at radius 1 is 0.279 bits per heavy atom. The second-order valence-corrected chi connectivity index (χ2v) is 15.6. The van der Waals surface area contributed by atoms with Crippen molar-refractivity contribution in [1.82, 2.24) is 0 Å². The summed E-state index contributed by atoms with van der Waals surface area (Å²) in [4.78, 5) is 11.5. The lowest BCUT2D eigenvalue weighted by Gasteiger charge is -2.19. The molecule has 0 saturated carbocycles. The van der Waals surface area contributed by atoms with E-state index in [1.807, 2.05) is 20.8 Å².